The highest BCUT2D eigenvalue weighted by Crippen LogP contribution is 2.21. The van der Waals surface area contributed by atoms with E-state index in [0.29, 0.717) is 5.69 Å². The molecule has 0 saturated heterocycles. The molecular formula is C11H10N2. The summed E-state index contributed by atoms with van der Waals surface area (Å²) in [4.78, 5) is 4.22. The van der Waals surface area contributed by atoms with Crippen LogP contribution in [0.15, 0.2) is 37.0 Å². The maximum absolute atomic E-state index is 5.78. The Kier molecular flexibility index (Phi) is 1.74. The second-order valence-corrected chi connectivity index (χ2v) is 2.85. The zero-order valence-corrected chi connectivity index (χ0v) is 7.20. The fourth-order valence-electron chi connectivity index (χ4n) is 1.40. The molecule has 2 aromatic rings. The summed E-state index contributed by atoms with van der Waals surface area (Å²) < 4.78 is 0. The summed E-state index contributed by atoms with van der Waals surface area (Å²) >= 11 is 0. The lowest BCUT2D eigenvalue weighted by molar-refractivity contribution is 1.41. The molecule has 0 aliphatic heterocycles. The predicted octanol–water partition coefficient (Wildman–Crippen LogP) is 2.46. The fourth-order valence-corrected chi connectivity index (χ4v) is 1.40. The van der Waals surface area contributed by atoms with Crippen molar-refractivity contribution in [1.82, 2.24) is 4.98 Å². The third-order valence-corrected chi connectivity index (χ3v) is 2.06. The molecule has 0 radical (unpaired) electrons. The van der Waals surface area contributed by atoms with E-state index in [1.807, 2.05) is 30.3 Å². The van der Waals surface area contributed by atoms with E-state index in [9.17, 15) is 0 Å². The molecule has 64 valence electrons. The number of para-hydroxylation sites is 1. The quantitative estimate of drug-likeness (QED) is 0.668. The van der Waals surface area contributed by atoms with E-state index in [1.54, 1.807) is 6.20 Å². The van der Waals surface area contributed by atoms with Crippen molar-refractivity contribution in [3.63, 3.8) is 0 Å². The van der Waals surface area contributed by atoms with Crippen LogP contribution in [0.2, 0.25) is 0 Å². The van der Waals surface area contributed by atoms with E-state index < -0.39 is 0 Å². The molecule has 0 aliphatic rings. The van der Waals surface area contributed by atoms with E-state index in [0.717, 1.165) is 16.5 Å². The standard InChI is InChI=1S/C11H10N2/c1-2-8-6-7-13-11-9(8)4-3-5-10(11)12/h2-7H,1,12H2. The van der Waals surface area contributed by atoms with Crippen LogP contribution in [0.1, 0.15) is 5.56 Å². The number of anilines is 1. The predicted molar refractivity (Wildman–Crippen MR) is 56.2 cm³/mol. The third-order valence-electron chi connectivity index (χ3n) is 2.06. The Hall–Kier alpha value is -1.83. The van der Waals surface area contributed by atoms with Crippen LogP contribution in [0.3, 0.4) is 0 Å². The Morgan fingerprint density at radius 2 is 2.15 bits per heavy atom. The molecule has 13 heavy (non-hydrogen) atoms. The van der Waals surface area contributed by atoms with Gasteiger partial charge < -0.3 is 5.73 Å². The molecule has 2 N–H and O–H groups in total. The van der Waals surface area contributed by atoms with Crippen LogP contribution in [-0.2, 0) is 0 Å². The van der Waals surface area contributed by atoms with Gasteiger partial charge in [0.15, 0.2) is 0 Å². The largest absolute Gasteiger partial charge is 0.397 e. The lowest BCUT2D eigenvalue weighted by Gasteiger charge is -2.02. The number of nitrogens with zero attached hydrogens (tertiary/aromatic N) is 1. The van der Waals surface area contributed by atoms with Crippen LogP contribution < -0.4 is 5.73 Å². The summed E-state index contributed by atoms with van der Waals surface area (Å²) in [5.41, 5.74) is 8.41. The van der Waals surface area contributed by atoms with Crippen molar-refractivity contribution >= 4 is 22.7 Å². The Bertz CT molecular complexity index is 461. The van der Waals surface area contributed by atoms with Crippen molar-refractivity contribution in [3.8, 4) is 0 Å². The molecule has 2 nitrogen and oxygen atoms in total. The summed E-state index contributed by atoms with van der Waals surface area (Å²) in [5, 5.41) is 1.05. The number of nitrogen functional groups attached to an aromatic ring is 1. The average molecular weight is 170 g/mol. The second kappa shape index (κ2) is 2.90. The van der Waals surface area contributed by atoms with Crippen LogP contribution >= 0.6 is 0 Å². The monoisotopic (exact) mass is 170 g/mol. The van der Waals surface area contributed by atoms with Gasteiger partial charge in [-0.3, -0.25) is 4.98 Å². The molecular weight excluding hydrogens is 160 g/mol. The Morgan fingerprint density at radius 3 is 2.92 bits per heavy atom. The zero-order valence-electron chi connectivity index (χ0n) is 7.20. The molecule has 0 aliphatic carbocycles. The lowest BCUT2D eigenvalue weighted by atomic mass is 10.1. The van der Waals surface area contributed by atoms with E-state index in [-0.39, 0.29) is 0 Å². The van der Waals surface area contributed by atoms with Crippen molar-refractivity contribution in [3.05, 3.63) is 42.6 Å². The van der Waals surface area contributed by atoms with Gasteiger partial charge in [-0.1, -0.05) is 24.8 Å². The molecule has 0 bridgehead atoms. The van der Waals surface area contributed by atoms with Crippen LogP contribution in [0.5, 0.6) is 0 Å². The topological polar surface area (TPSA) is 38.9 Å². The molecule has 0 spiro atoms. The number of nitrogens with two attached hydrogens (primary N) is 1. The highest BCUT2D eigenvalue weighted by Gasteiger charge is 2.00. The minimum atomic E-state index is 0.709. The molecule has 1 aromatic carbocycles. The van der Waals surface area contributed by atoms with Crippen LogP contribution in [-0.4, -0.2) is 4.98 Å². The normalized spacial score (nSPS) is 10.2. The first-order valence-electron chi connectivity index (χ1n) is 4.08. The second-order valence-electron chi connectivity index (χ2n) is 2.85. The van der Waals surface area contributed by atoms with E-state index in [1.165, 1.54) is 0 Å². The van der Waals surface area contributed by atoms with Gasteiger partial charge in [0.05, 0.1) is 11.2 Å². The number of fused-ring (bicyclic) bond motifs is 1. The minimum absolute atomic E-state index is 0.709. The van der Waals surface area contributed by atoms with Crippen molar-refractivity contribution in [2.75, 3.05) is 5.73 Å². The third kappa shape index (κ3) is 1.16. The number of aromatic nitrogens is 1. The van der Waals surface area contributed by atoms with Crippen molar-refractivity contribution in [2.24, 2.45) is 0 Å². The van der Waals surface area contributed by atoms with Crippen LogP contribution in [0.4, 0.5) is 5.69 Å². The molecule has 0 fully saturated rings. The first-order chi connectivity index (χ1) is 6.33. The SMILES string of the molecule is C=Cc1ccnc2c(N)cccc12. The van der Waals surface area contributed by atoms with Crippen LogP contribution in [0, 0.1) is 0 Å². The number of hydrogen-bond acceptors (Lipinski definition) is 2. The van der Waals surface area contributed by atoms with Crippen molar-refractivity contribution in [1.29, 1.82) is 0 Å². The van der Waals surface area contributed by atoms with E-state index in [4.69, 9.17) is 5.73 Å². The van der Waals surface area contributed by atoms with Crippen molar-refractivity contribution < 1.29 is 0 Å². The molecule has 0 saturated carbocycles. The van der Waals surface area contributed by atoms with Gasteiger partial charge in [-0.05, 0) is 17.7 Å². The van der Waals surface area contributed by atoms with Crippen LogP contribution in [0.25, 0.3) is 17.0 Å². The maximum atomic E-state index is 5.78. The van der Waals surface area contributed by atoms with Gasteiger partial charge in [0.25, 0.3) is 0 Å². The van der Waals surface area contributed by atoms with E-state index in [2.05, 4.69) is 11.6 Å². The maximum Gasteiger partial charge on any atom is 0.0937 e. The smallest absolute Gasteiger partial charge is 0.0937 e. The zero-order chi connectivity index (χ0) is 9.26. The molecule has 2 rings (SSSR count). The van der Waals surface area contributed by atoms with Gasteiger partial charge in [-0.2, -0.15) is 0 Å². The lowest BCUT2D eigenvalue weighted by Crippen LogP contribution is -1.90. The molecule has 0 amide bonds. The van der Waals surface area contributed by atoms with Crippen molar-refractivity contribution in [2.45, 2.75) is 0 Å². The van der Waals surface area contributed by atoms with Gasteiger partial charge >= 0.3 is 0 Å². The molecule has 1 heterocycles. The summed E-state index contributed by atoms with van der Waals surface area (Å²) in [6, 6.07) is 7.69. The van der Waals surface area contributed by atoms with E-state index >= 15 is 0 Å². The van der Waals surface area contributed by atoms with Gasteiger partial charge in [0.1, 0.15) is 0 Å². The molecule has 2 heteroatoms. The van der Waals surface area contributed by atoms with Gasteiger partial charge in [0.2, 0.25) is 0 Å². The summed E-state index contributed by atoms with van der Waals surface area (Å²) in [6.07, 6.45) is 3.55. The number of hydrogen-bond donors (Lipinski definition) is 1. The summed E-state index contributed by atoms with van der Waals surface area (Å²) in [5.74, 6) is 0. The summed E-state index contributed by atoms with van der Waals surface area (Å²) in [7, 11) is 0. The molecule has 0 unspecified atom stereocenters. The number of rotatable bonds is 1. The Labute approximate surface area is 76.7 Å². The average Bonchev–Trinajstić information content (AvgIpc) is 2.18. The highest BCUT2D eigenvalue weighted by molar-refractivity contribution is 5.94. The van der Waals surface area contributed by atoms with Gasteiger partial charge in [-0.25, -0.2) is 0 Å². The Balaban J connectivity index is 2.92. The molecule has 0 atom stereocenters. The fraction of sp³-hybridized carbons (Fsp3) is 0. The summed E-state index contributed by atoms with van der Waals surface area (Å²) in [6.45, 7) is 3.74. The van der Waals surface area contributed by atoms with Gasteiger partial charge in [0, 0.05) is 11.6 Å². The highest BCUT2D eigenvalue weighted by atomic mass is 14.7. The van der Waals surface area contributed by atoms with Gasteiger partial charge in [-0.15, -0.1) is 0 Å². The first-order valence-corrected chi connectivity index (χ1v) is 4.08. The first kappa shape index (κ1) is 7.80. The Morgan fingerprint density at radius 1 is 1.31 bits per heavy atom. The molecule has 1 aromatic heterocycles. The minimum Gasteiger partial charge on any atom is -0.397 e. The number of pyridine rings is 1. The number of benzene rings is 1.